The highest BCUT2D eigenvalue weighted by atomic mass is 79.9. The summed E-state index contributed by atoms with van der Waals surface area (Å²) in [6, 6.07) is 5.73. The molecule has 1 amide bonds. The van der Waals surface area contributed by atoms with Crippen molar-refractivity contribution in [2.75, 3.05) is 20.1 Å². The van der Waals surface area contributed by atoms with Crippen LogP contribution in [0.2, 0.25) is 0 Å². The minimum absolute atomic E-state index is 0.0409. The van der Waals surface area contributed by atoms with Crippen molar-refractivity contribution in [2.45, 2.75) is 6.92 Å². The highest BCUT2D eigenvalue weighted by Gasteiger charge is 2.08. The van der Waals surface area contributed by atoms with Crippen LogP contribution < -0.4 is 10.6 Å². The summed E-state index contributed by atoms with van der Waals surface area (Å²) in [5, 5.41) is 5.81. The fourth-order valence-corrected chi connectivity index (χ4v) is 1.64. The topological polar surface area (TPSA) is 41.1 Å². The first-order valence-corrected chi connectivity index (χ1v) is 5.63. The Morgan fingerprint density at radius 3 is 2.80 bits per heavy atom. The molecular weight excluding hydrogens is 256 g/mol. The third-order valence-corrected chi connectivity index (χ3v) is 2.72. The van der Waals surface area contributed by atoms with Crippen LogP contribution in [0, 0.1) is 6.92 Å². The molecule has 1 rings (SSSR count). The lowest BCUT2D eigenvalue weighted by Crippen LogP contribution is -2.30. The van der Waals surface area contributed by atoms with E-state index in [1.165, 1.54) is 0 Å². The summed E-state index contributed by atoms with van der Waals surface area (Å²) in [7, 11) is 1.86. The maximum Gasteiger partial charge on any atom is 0.252 e. The molecule has 3 nitrogen and oxygen atoms in total. The van der Waals surface area contributed by atoms with Crippen molar-refractivity contribution in [3.63, 3.8) is 0 Å². The number of carbonyl (C=O) groups is 1. The van der Waals surface area contributed by atoms with Gasteiger partial charge in [0.2, 0.25) is 0 Å². The lowest BCUT2D eigenvalue weighted by atomic mass is 10.1. The molecule has 0 saturated heterocycles. The van der Waals surface area contributed by atoms with E-state index in [0.29, 0.717) is 12.1 Å². The van der Waals surface area contributed by atoms with Gasteiger partial charge >= 0.3 is 0 Å². The normalized spacial score (nSPS) is 10.1. The SMILES string of the molecule is CNCCNC(=O)c1cc(C)ccc1Br. The third-order valence-electron chi connectivity index (χ3n) is 2.03. The Labute approximate surface area is 98.4 Å². The predicted molar refractivity (Wildman–Crippen MR) is 65.1 cm³/mol. The second-order valence-corrected chi connectivity index (χ2v) is 4.20. The second kappa shape index (κ2) is 5.88. The summed E-state index contributed by atoms with van der Waals surface area (Å²) in [4.78, 5) is 11.7. The fraction of sp³-hybridized carbons (Fsp3) is 0.364. The molecule has 0 aliphatic carbocycles. The smallest absolute Gasteiger partial charge is 0.252 e. The van der Waals surface area contributed by atoms with Gasteiger partial charge in [-0.15, -0.1) is 0 Å². The van der Waals surface area contributed by atoms with Gasteiger partial charge in [0, 0.05) is 17.6 Å². The molecule has 1 aromatic carbocycles. The van der Waals surface area contributed by atoms with Crippen molar-refractivity contribution in [3.8, 4) is 0 Å². The van der Waals surface area contributed by atoms with Crippen LogP contribution in [-0.2, 0) is 0 Å². The van der Waals surface area contributed by atoms with Gasteiger partial charge < -0.3 is 10.6 Å². The molecule has 0 aliphatic heterocycles. The number of hydrogen-bond acceptors (Lipinski definition) is 2. The molecule has 0 aliphatic rings. The van der Waals surface area contributed by atoms with Gasteiger partial charge in [-0.05, 0) is 42.0 Å². The van der Waals surface area contributed by atoms with Gasteiger partial charge in [0.15, 0.2) is 0 Å². The molecule has 1 aromatic rings. The van der Waals surface area contributed by atoms with Crippen molar-refractivity contribution in [2.24, 2.45) is 0 Å². The number of rotatable bonds is 4. The first kappa shape index (κ1) is 12.2. The van der Waals surface area contributed by atoms with Crippen LogP contribution in [0.3, 0.4) is 0 Å². The van der Waals surface area contributed by atoms with Gasteiger partial charge in [-0.1, -0.05) is 11.6 Å². The quantitative estimate of drug-likeness (QED) is 0.818. The van der Waals surface area contributed by atoms with Crippen LogP contribution in [0.4, 0.5) is 0 Å². The molecule has 0 spiro atoms. The standard InChI is InChI=1S/C11H15BrN2O/c1-8-3-4-10(12)9(7-8)11(15)14-6-5-13-2/h3-4,7,13H,5-6H2,1-2H3,(H,14,15). The predicted octanol–water partition coefficient (Wildman–Crippen LogP) is 1.71. The maximum atomic E-state index is 11.7. The van der Waals surface area contributed by atoms with Crippen molar-refractivity contribution < 1.29 is 4.79 Å². The number of carbonyl (C=O) groups excluding carboxylic acids is 1. The fourth-order valence-electron chi connectivity index (χ4n) is 1.21. The molecule has 0 aromatic heterocycles. The van der Waals surface area contributed by atoms with E-state index in [1.807, 2.05) is 32.2 Å². The van der Waals surface area contributed by atoms with Gasteiger partial charge in [0.25, 0.3) is 5.91 Å². The van der Waals surface area contributed by atoms with Gasteiger partial charge in [-0.2, -0.15) is 0 Å². The first-order valence-electron chi connectivity index (χ1n) is 4.84. The first-order chi connectivity index (χ1) is 7.15. The summed E-state index contributed by atoms with van der Waals surface area (Å²) in [6.07, 6.45) is 0. The maximum absolute atomic E-state index is 11.7. The Kier molecular flexibility index (Phi) is 4.78. The summed E-state index contributed by atoms with van der Waals surface area (Å²) in [5.41, 5.74) is 1.77. The van der Waals surface area contributed by atoms with E-state index in [9.17, 15) is 4.79 Å². The molecule has 0 radical (unpaired) electrons. The van der Waals surface area contributed by atoms with E-state index in [0.717, 1.165) is 16.6 Å². The summed E-state index contributed by atoms with van der Waals surface area (Å²) in [6.45, 7) is 3.38. The molecule has 4 heteroatoms. The average Bonchev–Trinajstić information content (AvgIpc) is 2.22. The number of hydrogen-bond donors (Lipinski definition) is 2. The Morgan fingerprint density at radius 1 is 1.40 bits per heavy atom. The summed E-state index contributed by atoms with van der Waals surface area (Å²) >= 11 is 3.36. The molecule has 0 unspecified atom stereocenters. The zero-order chi connectivity index (χ0) is 11.3. The highest BCUT2D eigenvalue weighted by molar-refractivity contribution is 9.10. The zero-order valence-corrected chi connectivity index (χ0v) is 10.5. The molecule has 15 heavy (non-hydrogen) atoms. The van der Waals surface area contributed by atoms with Crippen molar-refractivity contribution in [1.82, 2.24) is 10.6 Å². The minimum Gasteiger partial charge on any atom is -0.351 e. The molecule has 2 N–H and O–H groups in total. The van der Waals surface area contributed by atoms with E-state index in [-0.39, 0.29) is 5.91 Å². The molecule has 0 saturated carbocycles. The Bertz CT molecular complexity index is 352. The van der Waals surface area contributed by atoms with Crippen LogP contribution in [0.1, 0.15) is 15.9 Å². The van der Waals surface area contributed by atoms with E-state index in [4.69, 9.17) is 0 Å². The van der Waals surface area contributed by atoms with Crippen molar-refractivity contribution in [1.29, 1.82) is 0 Å². The lowest BCUT2D eigenvalue weighted by Gasteiger charge is -2.07. The van der Waals surface area contributed by atoms with Gasteiger partial charge in [0.05, 0.1) is 5.56 Å². The van der Waals surface area contributed by atoms with E-state index in [2.05, 4.69) is 26.6 Å². The summed E-state index contributed by atoms with van der Waals surface area (Å²) < 4.78 is 0.829. The highest BCUT2D eigenvalue weighted by Crippen LogP contribution is 2.17. The van der Waals surface area contributed by atoms with Gasteiger partial charge in [0.1, 0.15) is 0 Å². The Balaban J connectivity index is 2.68. The van der Waals surface area contributed by atoms with E-state index < -0.39 is 0 Å². The molecule has 0 bridgehead atoms. The van der Waals surface area contributed by atoms with Crippen LogP contribution in [0.5, 0.6) is 0 Å². The lowest BCUT2D eigenvalue weighted by molar-refractivity contribution is 0.0953. The molecule has 82 valence electrons. The van der Waals surface area contributed by atoms with Crippen LogP contribution in [0.25, 0.3) is 0 Å². The third kappa shape index (κ3) is 3.64. The number of aryl methyl sites for hydroxylation is 1. The van der Waals surface area contributed by atoms with Crippen LogP contribution in [0.15, 0.2) is 22.7 Å². The van der Waals surface area contributed by atoms with Gasteiger partial charge in [-0.25, -0.2) is 0 Å². The molecule has 0 heterocycles. The number of benzene rings is 1. The van der Waals surface area contributed by atoms with E-state index in [1.54, 1.807) is 0 Å². The van der Waals surface area contributed by atoms with Crippen LogP contribution in [-0.4, -0.2) is 26.0 Å². The Morgan fingerprint density at radius 2 is 2.13 bits per heavy atom. The number of nitrogens with one attached hydrogen (secondary N) is 2. The largest absolute Gasteiger partial charge is 0.351 e. The van der Waals surface area contributed by atoms with Crippen LogP contribution >= 0.6 is 15.9 Å². The zero-order valence-electron chi connectivity index (χ0n) is 8.93. The van der Waals surface area contributed by atoms with Gasteiger partial charge in [-0.3, -0.25) is 4.79 Å². The van der Waals surface area contributed by atoms with E-state index >= 15 is 0 Å². The second-order valence-electron chi connectivity index (χ2n) is 3.34. The average molecular weight is 271 g/mol. The molecule has 0 atom stereocenters. The Hall–Kier alpha value is -0.870. The molecular formula is C11H15BrN2O. The number of amides is 1. The molecule has 0 fully saturated rings. The minimum atomic E-state index is -0.0409. The monoisotopic (exact) mass is 270 g/mol. The summed E-state index contributed by atoms with van der Waals surface area (Å²) in [5.74, 6) is -0.0409. The van der Waals surface area contributed by atoms with Crippen molar-refractivity contribution >= 4 is 21.8 Å². The number of likely N-dealkylation sites (N-methyl/N-ethyl adjacent to an activating group) is 1. The van der Waals surface area contributed by atoms with Crippen molar-refractivity contribution in [3.05, 3.63) is 33.8 Å². The number of halogens is 1.